The summed E-state index contributed by atoms with van der Waals surface area (Å²) in [5.41, 5.74) is 1.86. The Morgan fingerprint density at radius 1 is 0.808 bits per heavy atom. The minimum Gasteiger partial charge on any atom is -0.507 e. The summed E-state index contributed by atoms with van der Waals surface area (Å²) in [6, 6.07) is 3.54. The fourth-order valence-electron chi connectivity index (χ4n) is 2.09. The molecule has 26 heavy (non-hydrogen) atoms. The number of hydrogen-bond acceptors (Lipinski definition) is 7. The molecule has 0 spiro atoms. The molecular formula is C13H12N8OS4. The summed E-state index contributed by atoms with van der Waals surface area (Å²) in [5.74, 6) is -0.00277. The third-order valence-corrected chi connectivity index (χ3v) is 4.36. The number of H-pyrrole nitrogens is 4. The zero-order chi connectivity index (χ0) is 18.8. The molecule has 0 aliphatic heterocycles. The molecule has 0 amide bonds. The van der Waals surface area contributed by atoms with Gasteiger partial charge in [0, 0.05) is 11.1 Å². The van der Waals surface area contributed by atoms with Gasteiger partial charge in [-0.2, -0.15) is 19.6 Å². The predicted octanol–water partition coefficient (Wildman–Crippen LogP) is 3.30. The lowest BCUT2D eigenvalue weighted by molar-refractivity contribution is 0.473. The highest BCUT2D eigenvalue weighted by Crippen LogP contribution is 2.22. The Bertz CT molecular complexity index is 1100. The van der Waals surface area contributed by atoms with E-state index in [1.807, 2.05) is 6.92 Å². The van der Waals surface area contributed by atoms with Gasteiger partial charge in [0.2, 0.25) is 19.1 Å². The zero-order valence-electron chi connectivity index (χ0n) is 13.2. The van der Waals surface area contributed by atoms with Crippen LogP contribution in [0.4, 0.5) is 0 Å². The predicted molar refractivity (Wildman–Crippen MR) is 108 cm³/mol. The van der Waals surface area contributed by atoms with Crippen molar-refractivity contribution in [2.24, 2.45) is 10.2 Å². The molecule has 0 atom stereocenters. The van der Waals surface area contributed by atoms with Crippen molar-refractivity contribution in [2.45, 2.75) is 6.92 Å². The van der Waals surface area contributed by atoms with Crippen molar-refractivity contribution in [1.82, 2.24) is 29.7 Å². The normalized spacial score (nSPS) is 11.7. The van der Waals surface area contributed by atoms with Crippen LogP contribution in [0.3, 0.4) is 0 Å². The molecular weight excluding hydrogens is 412 g/mol. The zero-order valence-corrected chi connectivity index (χ0v) is 16.4. The number of benzene rings is 1. The van der Waals surface area contributed by atoms with Gasteiger partial charge in [0.05, 0.1) is 12.4 Å². The maximum atomic E-state index is 10.5. The van der Waals surface area contributed by atoms with E-state index < -0.39 is 0 Å². The topological polar surface area (TPSA) is 118 Å². The molecule has 0 unspecified atom stereocenters. The van der Waals surface area contributed by atoms with Crippen molar-refractivity contribution in [3.63, 3.8) is 0 Å². The first-order valence-electron chi connectivity index (χ1n) is 7.08. The number of nitrogens with one attached hydrogen (secondary N) is 4. The summed E-state index contributed by atoms with van der Waals surface area (Å²) >= 11 is 20.3. The van der Waals surface area contributed by atoms with Crippen molar-refractivity contribution >= 4 is 61.3 Å². The third-order valence-electron chi connectivity index (χ3n) is 3.26. The van der Waals surface area contributed by atoms with Crippen molar-refractivity contribution in [3.8, 4) is 5.75 Å². The number of hydrogen-bond donors (Lipinski definition) is 5. The molecule has 0 bridgehead atoms. The van der Waals surface area contributed by atoms with Crippen LogP contribution in [0, 0.1) is 26.0 Å². The molecule has 0 radical (unpaired) electrons. The number of rotatable bonds is 4. The van der Waals surface area contributed by atoms with Crippen molar-refractivity contribution in [2.75, 3.05) is 0 Å². The Morgan fingerprint density at radius 3 is 1.50 bits per heavy atom. The van der Waals surface area contributed by atoms with E-state index in [0.717, 1.165) is 5.56 Å². The third kappa shape index (κ3) is 3.70. The number of aromatic hydroxyl groups is 1. The summed E-state index contributed by atoms with van der Waals surface area (Å²) < 4.78 is 3.93. The molecule has 5 N–H and O–H groups in total. The van der Waals surface area contributed by atoms with Crippen LogP contribution < -0.4 is 0 Å². The fourth-order valence-corrected chi connectivity index (χ4v) is 2.97. The van der Waals surface area contributed by atoms with Gasteiger partial charge in [0.25, 0.3) is 0 Å². The molecule has 2 heterocycles. The number of aromatic nitrogens is 6. The first kappa shape index (κ1) is 18.3. The molecule has 0 aliphatic carbocycles. The molecule has 3 rings (SSSR count). The average molecular weight is 425 g/mol. The van der Waals surface area contributed by atoms with Crippen LogP contribution in [-0.2, 0) is 0 Å². The van der Waals surface area contributed by atoms with Crippen molar-refractivity contribution < 1.29 is 5.11 Å². The molecule has 0 saturated carbocycles. The van der Waals surface area contributed by atoms with Crippen LogP contribution >= 0.6 is 48.9 Å². The molecule has 13 heteroatoms. The van der Waals surface area contributed by atoms with E-state index in [2.05, 4.69) is 30.6 Å². The number of nitrogens with zero attached hydrogens (tertiary/aromatic N) is 4. The molecule has 0 saturated heterocycles. The van der Waals surface area contributed by atoms with E-state index in [9.17, 15) is 5.11 Å². The lowest BCUT2D eigenvalue weighted by Gasteiger charge is -2.05. The largest absolute Gasteiger partial charge is 0.507 e. The van der Waals surface area contributed by atoms with Crippen LogP contribution in [-0.4, -0.2) is 47.3 Å². The lowest BCUT2D eigenvalue weighted by Crippen LogP contribution is -1.96. The van der Waals surface area contributed by atoms with Crippen LogP contribution in [0.5, 0.6) is 5.75 Å². The van der Waals surface area contributed by atoms with Gasteiger partial charge >= 0.3 is 0 Å². The first-order chi connectivity index (χ1) is 12.4. The smallest absolute Gasteiger partial charge is 0.215 e. The van der Waals surface area contributed by atoms with Crippen molar-refractivity contribution in [3.05, 3.63) is 47.9 Å². The summed E-state index contributed by atoms with van der Waals surface area (Å²) in [6.45, 7) is 1.89. The van der Waals surface area contributed by atoms with Crippen LogP contribution in [0.25, 0.3) is 0 Å². The van der Waals surface area contributed by atoms with Crippen molar-refractivity contribution in [1.29, 1.82) is 0 Å². The number of phenolic OH excluding ortho intramolecular Hbond substituents is 1. The van der Waals surface area contributed by atoms with Gasteiger partial charge in [0.15, 0.2) is 0 Å². The molecule has 2 aromatic heterocycles. The summed E-state index contributed by atoms with van der Waals surface area (Å²) in [5, 5.41) is 29.6. The Hall–Kier alpha value is -2.48. The highest BCUT2D eigenvalue weighted by molar-refractivity contribution is 7.72. The van der Waals surface area contributed by atoms with E-state index in [-0.39, 0.29) is 5.75 Å². The first-order valence-corrected chi connectivity index (χ1v) is 8.72. The Kier molecular flexibility index (Phi) is 5.22. The van der Waals surface area contributed by atoms with E-state index in [1.165, 1.54) is 21.8 Å². The Labute approximate surface area is 166 Å². The second kappa shape index (κ2) is 7.41. The molecule has 0 fully saturated rings. The molecule has 0 aliphatic rings. The lowest BCUT2D eigenvalue weighted by atomic mass is 10.1. The van der Waals surface area contributed by atoms with E-state index in [1.54, 1.807) is 12.1 Å². The minimum absolute atomic E-state index is 0.00277. The summed E-state index contributed by atoms with van der Waals surface area (Å²) in [6.07, 6.45) is 2.92. The van der Waals surface area contributed by atoms with Crippen LogP contribution in [0.1, 0.15) is 16.7 Å². The summed E-state index contributed by atoms with van der Waals surface area (Å²) in [7, 11) is 0. The van der Waals surface area contributed by atoms with Gasteiger partial charge in [0.1, 0.15) is 5.75 Å². The highest BCUT2D eigenvalue weighted by Gasteiger charge is 2.07. The molecule has 1 aromatic carbocycles. The van der Waals surface area contributed by atoms with Gasteiger partial charge < -0.3 is 5.11 Å². The molecule has 9 nitrogen and oxygen atoms in total. The van der Waals surface area contributed by atoms with E-state index >= 15 is 0 Å². The van der Waals surface area contributed by atoms with Crippen LogP contribution in [0.2, 0.25) is 0 Å². The maximum Gasteiger partial charge on any atom is 0.215 e. The monoisotopic (exact) mass is 424 g/mol. The highest BCUT2D eigenvalue weighted by atomic mass is 32.1. The van der Waals surface area contributed by atoms with Gasteiger partial charge in [-0.25, -0.2) is 0 Å². The number of aromatic amines is 4. The van der Waals surface area contributed by atoms with Gasteiger partial charge in [-0.05, 0) is 73.5 Å². The SMILES string of the molecule is Cc1cc(C=Nn2c(=S)[nH][nH]c2=S)c(O)c(/C=N\n2c(=S)[nH][nH]c2=S)c1. The van der Waals surface area contributed by atoms with Gasteiger partial charge in [-0.1, -0.05) is 0 Å². The standard InChI is InChI=1S/C13H12N8OS4/c1-6-2-7(4-14-20-10(23)16-17-11(20)24)9(22)8(3-6)5-15-21-12(25)18-19-13(21)26/h2-5,22H,1H3,(H,16,23)(H,17,24)(H,18,25)(H,19,26)/b14-4-,15-5?. The quantitative estimate of drug-likeness (QED) is 0.325. The van der Waals surface area contributed by atoms with Gasteiger partial charge in [-0.15, -0.1) is 0 Å². The average Bonchev–Trinajstić information content (AvgIpc) is 3.09. The molecule has 3 aromatic rings. The van der Waals surface area contributed by atoms with Gasteiger partial charge in [-0.3, -0.25) is 20.4 Å². The van der Waals surface area contributed by atoms with Crippen LogP contribution in [0.15, 0.2) is 22.3 Å². The van der Waals surface area contributed by atoms with E-state index in [0.29, 0.717) is 30.2 Å². The Balaban J connectivity index is 2.02. The molecule has 134 valence electrons. The fraction of sp³-hybridized carbons (Fsp3) is 0.0769. The Morgan fingerprint density at radius 2 is 1.15 bits per heavy atom. The van der Waals surface area contributed by atoms with E-state index in [4.69, 9.17) is 48.9 Å². The summed E-state index contributed by atoms with van der Waals surface area (Å²) in [4.78, 5) is 0. The minimum atomic E-state index is -0.00277. The second-order valence-electron chi connectivity index (χ2n) is 5.13. The maximum absolute atomic E-state index is 10.5. The second-order valence-corrected chi connectivity index (χ2v) is 6.67. The number of aryl methyl sites for hydroxylation is 1. The number of phenols is 1.